The number of aryl methyl sites for hydroxylation is 1. The number of aliphatic hydroxyl groups excluding tert-OH is 2. The van der Waals surface area contributed by atoms with E-state index >= 15 is 0 Å². The van der Waals surface area contributed by atoms with Crippen molar-refractivity contribution in [3.8, 4) is 5.75 Å². The molecule has 1 aromatic rings. The highest BCUT2D eigenvalue weighted by atomic mass is 16.5. The zero-order valence-electron chi connectivity index (χ0n) is 8.10. The molecule has 0 aromatic heterocycles. The highest BCUT2D eigenvalue weighted by Gasteiger charge is 2.28. The second-order valence-corrected chi connectivity index (χ2v) is 3.58. The van der Waals surface area contributed by atoms with Gasteiger partial charge in [-0.25, -0.2) is 0 Å². The molecule has 0 aliphatic heterocycles. The lowest BCUT2D eigenvalue weighted by Crippen LogP contribution is -2.25. The van der Waals surface area contributed by atoms with E-state index in [0.717, 1.165) is 17.5 Å². The molecule has 0 radical (unpaired) electrons. The maximum atomic E-state index is 9.81. The number of rotatable bonds is 1. The summed E-state index contributed by atoms with van der Waals surface area (Å²) in [5, 5.41) is 19.4. The van der Waals surface area contributed by atoms with Crippen LogP contribution < -0.4 is 4.74 Å². The summed E-state index contributed by atoms with van der Waals surface area (Å²) in [5.74, 6) is 0.661. The molecule has 3 nitrogen and oxygen atoms in total. The highest BCUT2D eigenvalue weighted by Crippen LogP contribution is 2.36. The average molecular weight is 194 g/mol. The molecule has 0 fully saturated rings. The van der Waals surface area contributed by atoms with Crippen molar-refractivity contribution < 1.29 is 14.9 Å². The first-order valence-electron chi connectivity index (χ1n) is 4.76. The van der Waals surface area contributed by atoms with Gasteiger partial charge in [-0.1, -0.05) is 12.1 Å². The Kier molecular flexibility index (Phi) is 2.44. The van der Waals surface area contributed by atoms with Crippen LogP contribution >= 0.6 is 0 Å². The lowest BCUT2D eigenvalue weighted by atomic mass is 9.87. The topological polar surface area (TPSA) is 49.7 Å². The fraction of sp³-hybridized carbons (Fsp3) is 0.455. The summed E-state index contributed by atoms with van der Waals surface area (Å²) >= 11 is 0. The second-order valence-electron chi connectivity index (χ2n) is 3.58. The summed E-state index contributed by atoms with van der Waals surface area (Å²) in [4.78, 5) is 0. The van der Waals surface area contributed by atoms with E-state index in [9.17, 15) is 10.2 Å². The van der Waals surface area contributed by atoms with Crippen molar-refractivity contribution in [3.63, 3.8) is 0 Å². The zero-order chi connectivity index (χ0) is 10.1. The molecule has 1 aliphatic rings. The Balaban J connectivity index is 2.49. The van der Waals surface area contributed by atoms with Crippen LogP contribution in [0, 0.1) is 0 Å². The van der Waals surface area contributed by atoms with E-state index in [-0.39, 0.29) is 0 Å². The van der Waals surface area contributed by atoms with Crippen LogP contribution in [0.15, 0.2) is 18.2 Å². The zero-order valence-corrected chi connectivity index (χ0v) is 8.10. The summed E-state index contributed by atoms with van der Waals surface area (Å²) in [7, 11) is 1.57. The predicted molar refractivity (Wildman–Crippen MR) is 52.3 cm³/mol. The van der Waals surface area contributed by atoms with Crippen LogP contribution in [0.3, 0.4) is 0 Å². The van der Waals surface area contributed by atoms with E-state index in [2.05, 4.69) is 0 Å². The smallest absolute Gasteiger partial charge is 0.125 e. The minimum atomic E-state index is -0.810. The molecule has 0 amide bonds. The van der Waals surface area contributed by atoms with Crippen molar-refractivity contribution >= 4 is 0 Å². The van der Waals surface area contributed by atoms with Crippen LogP contribution in [-0.2, 0) is 6.42 Å². The van der Waals surface area contributed by atoms with Gasteiger partial charge in [0.15, 0.2) is 0 Å². The third kappa shape index (κ3) is 1.38. The summed E-state index contributed by atoms with van der Waals surface area (Å²) < 4.78 is 5.16. The van der Waals surface area contributed by atoms with E-state index in [1.807, 2.05) is 12.1 Å². The van der Waals surface area contributed by atoms with Crippen LogP contribution in [0.2, 0.25) is 0 Å². The number of methoxy groups -OCH3 is 1. The Morgan fingerprint density at radius 2 is 2.14 bits per heavy atom. The average Bonchev–Trinajstić information content (AvgIpc) is 2.23. The summed E-state index contributed by atoms with van der Waals surface area (Å²) in [6.45, 7) is 0. The number of fused-ring (bicyclic) bond motifs is 1. The van der Waals surface area contributed by atoms with Crippen molar-refractivity contribution in [1.82, 2.24) is 0 Å². The van der Waals surface area contributed by atoms with Crippen molar-refractivity contribution in [1.29, 1.82) is 0 Å². The van der Waals surface area contributed by atoms with Crippen LogP contribution in [-0.4, -0.2) is 23.4 Å². The van der Waals surface area contributed by atoms with Crippen LogP contribution in [0.4, 0.5) is 0 Å². The van der Waals surface area contributed by atoms with E-state index < -0.39 is 12.2 Å². The molecule has 0 heterocycles. The number of aliphatic hydroxyl groups is 2. The summed E-state index contributed by atoms with van der Waals surface area (Å²) in [6, 6.07) is 5.68. The molecule has 1 aliphatic carbocycles. The van der Waals surface area contributed by atoms with E-state index in [0.29, 0.717) is 12.2 Å². The molecule has 76 valence electrons. The standard InChI is InChI=1S/C11H14O3/c1-14-9-4-2-3-7-5-6-8(12)11(13)10(7)9/h2-4,8,11-13H,5-6H2,1H3/t8-,11-/m1/s1. The van der Waals surface area contributed by atoms with E-state index in [1.54, 1.807) is 13.2 Å². The minimum Gasteiger partial charge on any atom is -0.496 e. The molecule has 0 saturated heterocycles. The molecule has 14 heavy (non-hydrogen) atoms. The van der Waals surface area contributed by atoms with Gasteiger partial charge in [-0.05, 0) is 24.5 Å². The van der Waals surface area contributed by atoms with Gasteiger partial charge in [0.2, 0.25) is 0 Å². The van der Waals surface area contributed by atoms with Gasteiger partial charge in [-0.3, -0.25) is 0 Å². The van der Waals surface area contributed by atoms with Gasteiger partial charge >= 0.3 is 0 Å². The van der Waals surface area contributed by atoms with Gasteiger partial charge in [0.1, 0.15) is 11.9 Å². The maximum absolute atomic E-state index is 9.81. The van der Waals surface area contributed by atoms with Gasteiger partial charge in [0.05, 0.1) is 13.2 Å². The van der Waals surface area contributed by atoms with Gasteiger partial charge in [-0.2, -0.15) is 0 Å². The van der Waals surface area contributed by atoms with Crippen molar-refractivity contribution in [2.24, 2.45) is 0 Å². The SMILES string of the molecule is COc1cccc2c1[C@H](O)[C@H](O)CC2. The molecule has 1 aromatic carbocycles. The minimum absolute atomic E-state index is 0.612. The molecule has 0 bridgehead atoms. The lowest BCUT2D eigenvalue weighted by molar-refractivity contribution is 0.00505. The molecule has 2 rings (SSSR count). The lowest BCUT2D eigenvalue weighted by Gasteiger charge is -2.27. The van der Waals surface area contributed by atoms with Crippen molar-refractivity contribution in [3.05, 3.63) is 29.3 Å². The molecule has 3 heteroatoms. The molecule has 0 spiro atoms. The van der Waals surface area contributed by atoms with Crippen LogP contribution in [0.5, 0.6) is 5.75 Å². The molecular weight excluding hydrogens is 180 g/mol. The predicted octanol–water partition coefficient (Wildman–Crippen LogP) is 1.04. The molecular formula is C11H14O3. The monoisotopic (exact) mass is 194 g/mol. The second kappa shape index (κ2) is 3.59. The highest BCUT2D eigenvalue weighted by molar-refractivity contribution is 5.43. The fourth-order valence-corrected chi connectivity index (χ4v) is 1.97. The van der Waals surface area contributed by atoms with Gasteiger partial charge in [0.25, 0.3) is 0 Å². The Morgan fingerprint density at radius 1 is 1.36 bits per heavy atom. The normalized spacial score (nSPS) is 25.6. The van der Waals surface area contributed by atoms with Gasteiger partial charge in [0, 0.05) is 5.56 Å². The van der Waals surface area contributed by atoms with Crippen LogP contribution in [0.25, 0.3) is 0 Å². The van der Waals surface area contributed by atoms with E-state index in [4.69, 9.17) is 4.74 Å². The molecule has 2 atom stereocenters. The van der Waals surface area contributed by atoms with Crippen molar-refractivity contribution in [2.75, 3.05) is 7.11 Å². The summed E-state index contributed by atoms with van der Waals surface area (Å²) in [5.41, 5.74) is 1.82. The first-order chi connectivity index (χ1) is 6.74. The first-order valence-corrected chi connectivity index (χ1v) is 4.76. The number of hydrogen-bond acceptors (Lipinski definition) is 3. The van der Waals surface area contributed by atoms with Crippen LogP contribution in [0.1, 0.15) is 23.7 Å². The van der Waals surface area contributed by atoms with Gasteiger partial charge < -0.3 is 14.9 Å². The fourth-order valence-electron chi connectivity index (χ4n) is 1.97. The molecule has 0 saturated carbocycles. The quantitative estimate of drug-likeness (QED) is 0.702. The number of benzene rings is 1. The largest absolute Gasteiger partial charge is 0.496 e. The Hall–Kier alpha value is -1.06. The molecule has 0 unspecified atom stereocenters. The first kappa shape index (κ1) is 9.49. The maximum Gasteiger partial charge on any atom is 0.125 e. The number of hydrogen-bond donors (Lipinski definition) is 2. The van der Waals surface area contributed by atoms with Gasteiger partial charge in [-0.15, -0.1) is 0 Å². The number of ether oxygens (including phenoxy) is 1. The van der Waals surface area contributed by atoms with E-state index in [1.165, 1.54) is 0 Å². The third-order valence-electron chi connectivity index (χ3n) is 2.75. The Labute approximate surface area is 83.0 Å². The third-order valence-corrected chi connectivity index (χ3v) is 2.75. The van der Waals surface area contributed by atoms with Crippen molar-refractivity contribution in [2.45, 2.75) is 25.0 Å². The molecule has 2 N–H and O–H groups in total. The Bertz CT molecular complexity index is 321. The summed E-state index contributed by atoms with van der Waals surface area (Å²) in [6.07, 6.45) is -0.0692. The Morgan fingerprint density at radius 3 is 2.86 bits per heavy atom.